The molecule has 0 spiro atoms. The van der Waals surface area contributed by atoms with Crippen LogP contribution in [-0.4, -0.2) is 18.6 Å². The summed E-state index contributed by atoms with van der Waals surface area (Å²) in [4.78, 5) is 0. The third-order valence-corrected chi connectivity index (χ3v) is 3.24. The number of para-hydroxylation sites is 1. The lowest BCUT2D eigenvalue weighted by Crippen LogP contribution is -2.39. The van der Waals surface area contributed by atoms with Crippen LogP contribution in [-0.2, 0) is 0 Å². The fourth-order valence-corrected chi connectivity index (χ4v) is 1.77. The standard InChI is InChI=1S/C14H19F3N2O/c1-3-9(2)10-6-4-5-7-12(10)20-8-11(13(18)19)14(15,16)17/h4-7,9,11H,3,8H2,1-2H3,(H3,18,19). The zero-order valence-corrected chi connectivity index (χ0v) is 11.5. The molecule has 0 heterocycles. The van der Waals surface area contributed by atoms with Gasteiger partial charge >= 0.3 is 6.18 Å². The summed E-state index contributed by atoms with van der Waals surface area (Å²) in [6, 6.07) is 6.99. The molecule has 0 aliphatic carbocycles. The molecule has 2 unspecified atom stereocenters. The Morgan fingerprint density at radius 1 is 1.35 bits per heavy atom. The van der Waals surface area contributed by atoms with E-state index in [0.717, 1.165) is 12.0 Å². The van der Waals surface area contributed by atoms with E-state index >= 15 is 0 Å². The molecule has 1 aromatic carbocycles. The molecule has 1 aromatic rings. The maximum atomic E-state index is 12.7. The quantitative estimate of drug-likeness (QED) is 0.619. The van der Waals surface area contributed by atoms with Crippen molar-refractivity contribution in [3.8, 4) is 5.75 Å². The highest BCUT2D eigenvalue weighted by atomic mass is 19.4. The van der Waals surface area contributed by atoms with E-state index in [1.54, 1.807) is 12.1 Å². The highest BCUT2D eigenvalue weighted by molar-refractivity contribution is 5.80. The second-order valence-corrected chi connectivity index (χ2v) is 4.71. The molecule has 112 valence electrons. The van der Waals surface area contributed by atoms with Crippen molar-refractivity contribution in [2.75, 3.05) is 6.61 Å². The molecule has 6 heteroatoms. The molecule has 0 aliphatic rings. The highest BCUT2D eigenvalue weighted by Gasteiger charge is 2.42. The monoisotopic (exact) mass is 288 g/mol. The summed E-state index contributed by atoms with van der Waals surface area (Å²) in [6.07, 6.45) is -3.72. The van der Waals surface area contributed by atoms with Gasteiger partial charge in [-0.15, -0.1) is 0 Å². The Hall–Kier alpha value is -1.72. The molecule has 3 N–H and O–H groups in total. The fraction of sp³-hybridized carbons (Fsp3) is 0.500. The van der Waals surface area contributed by atoms with Crippen LogP contribution in [0.25, 0.3) is 0 Å². The van der Waals surface area contributed by atoms with Gasteiger partial charge in [-0.1, -0.05) is 32.0 Å². The van der Waals surface area contributed by atoms with E-state index in [0.29, 0.717) is 5.75 Å². The van der Waals surface area contributed by atoms with Crippen molar-refractivity contribution < 1.29 is 17.9 Å². The number of ether oxygens (including phenoxy) is 1. The molecular weight excluding hydrogens is 269 g/mol. The normalized spacial score (nSPS) is 14.7. The number of halogens is 3. The van der Waals surface area contributed by atoms with E-state index in [1.807, 2.05) is 26.0 Å². The molecule has 0 radical (unpaired) electrons. The number of nitrogens with one attached hydrogen (secondary N) is 1. The maximum absolute atomic E-state index is 12.7. The number of amidine groups is 1. The summed E-state index contributed by atoms with van der Waals surface area (Å²) in [6.45, 7) is 3.30. The molecule has 0 aromatic heterocycles. The van der Waals surface area contributed by atoms with Crippen LogP contribution >= 0.6 is 0 Å². The molecule has 0 saturated carbocycles. The minimum absolute atomic E-state index is 0.188. The maximum Gasteiger partial charge on any atom is 0.401 e. The van der Waals surface area contributed by atoms with Crippen LogP contribution in [0.1, 0.15) is 31.7 Å². The van der Waals surface area contributed by atoms with Crippen molar-refractivity contribution in [3.63, 3.8) is 0 Å². The summed E-state index contributed by atoms with van der Waals surface area (Å²) < 4.78 is 43.4. The lowest BCUT2D eigenvalue weighted by atomic mass is 9.98. The highest BCUT2D eigenvalue weighted by Crippen LogP contribution is 2.31. The zero-order valence-electron chi connectivity index (χ0n) is 11.5. The summed E-state index contributed by atoms with van der Waals surface area (Å²) in [7, 11) is 0. The minimum Gasteiger partial charge on any atom is -0.492 e. The lowest BCUT2D eigenvalue weighted by Gasteiger charge is -2.21. The van der Waals surface area contributed by atoms with Gasteiger partial charge in [0.25, 0.3) is 0 Å². The Morgan fingerprint density at radius 3 is 2.45 bits per heavy atom. The van der Waals surface area contributed by atoms with Crippen LogP contribution in [0, 0.1) is 11.3 Å². The number of benzene rings is 1. The average Bonchev–Trinajstić information content (AvgIpc) is 2.36. The third kappa shape index (κ3) is 4.15. The number of nitrogens with two attached hydrogens (primary N) is 1. The first-order chi connectivity index (χ1) is 9.27. The van der Waals surface area contributed by atoms with Gasteiger partial charge in [-0.25, -0.2) is 0 Å². The molecule has 20 heavy (non-hydrogen) atoms. The predicted octanol–water partition coefficient (Wildman–Crippen LogP) is 3.69. The van der Waals surface area contributed by atoms with Gasteiger partial charge in [0.1, 0.15) is 24.1 Å². The van der Waals surface area contributed by atoms with Crippen LogP contribution in [0.2, 0.25) is 0 Å². The van der Waals surface area contributed by atoms with E-state index in [2.05, 4.69) is 0 Å². The summed E-state index contributed by atoms with van der Waals surface area (Å²) in [5.74, 6) is -2.41. The SMILES string of the molecule is CCC(C)c1ccccc1OCC(C(=N)N)C(F)(F)F. The van der Waals surface area contributed by atoms with Crippen LogP contribution in [0.4, 0.5) is 13.2 Å². The van der Waals surface area contributed by atoms with E-state index < -0.39 is 24.5 Å². The van der Waals surface area contributed by atoms with Gasteiger partial charge in [-0.2, -0.15) is 13.2 Å². The smallest absolute Gasteiger partial charge is 0.401 e. The molecule has 0 amide bonds. The summed E-state index contributed by atoms with van der Waals surface area (Å²) >= 11 is 0. The van der Waals surface area contributed by atoms with E-state index in [1.165, 1.54) is 0 Å². The molecule has 0 fully saturated rings. The van der Waals surface area contributed by atoms with E-state index in [4.69, 9.17) is 15.9 Å². The Balaban J connectivity index is 2.86. The van der Waals surface area contributed by atoms with Crippen LogP contribution < -0.4 is 10.5 Å². The van der Waals surface area contributed by atoms with Crippen molar-refractivity contribution in [2.24, 2.45) is 11.7 Å². The first-order valence-electron chi connectivity index (χ1n) is 6.39. The number of rotatable bonds is 6. The third-order valence-electron chi connectivity index (χ3n) is 3.24. The van der Waals surface area contributed by atoms with Gasteiger partial charge in [0, 0.05) is 0 Å². The molecule has 0 aliphatic heterocycles. The minimum atomic E-state index is -4.57. The molecule has 3 nitrogen and oxygen atoms in total. The number of hydrogen-bond donors (Lipinski definition) is 2. The Morgan fingerprint density at radius 2 is 1.95 bits per heavy atom. The number of hydrogen-bond acceptors (Lipinski definition) is 2. The largest absolute Gasteiger partial charge is 0.492 e. The summed E-state index contributed by atoms with van der Waals surface area (Å²) in [5.41, 5.74) is 5.85. The van der Waals surface area contributed by atoms with Crippen molar-refractivity contribution in [1.82, 2.24) is 0 Å². The number of alkyl halides is 3. The Kier molecular flexibility index (Phi) is 5.42. The van der Waals surface area contributed by atoms with Gasteiger partial charge in [-0.3, -0.25) is 5.41 Å². The van der Waals surface area contributed by atoms with Crippen LogP contribution in [0.5, 0.6) is 5.75 Å². The molecule has 0 bridgehead atoms. The molecule has 1 rings (SSSR count). The second-order valence-electron chi connectivity index (χ2n) is 4.71. The van der Waals surface area contributed by atoms with Crippen molar-refractivity contribution in [2.45, 2.75) is 32.4 Å². The zero-order chi connectivity index (χ0) is 15.3. The van der Waals surface area contributed by atoms with Crippen molar-refractivity contribution in [3.05, 3.63) is 29.8 Å². The Bertz CT molecular complexity index is 460. The Labute approximate surface area is 116 Å². The van der Waals surface area contributed by atoms with Crippen LogP contribution in [0.15, 0.2) is 24.3 Å². The lowest BCUT2D eigenvalue weighted by molar-refractivity contribution is -0.162. The fourth-order valence-electron chi connectivity index (χ4n) is 1.77. The first kappa shape index (κ1) is 16.3. The van der Waals surface area contributed by atoms with E-state index in [9.17, 15) is 13.2 Å². The van der Waals surface area contributed by atoms with Gasteiger partial charge in [0.15, 0.2) is 0 Å². The molecule has 2 atom stereocenters. The van der Waals surface area contributed by atoms with Gasteiger partial charge in [-0.05, 0) is 24.0 Å². The van der Waals surface area contributed by atoms with Gasteiger partial charge in [0.2, 0.25) is 0 Å². The first-order valence-corrected chi connectivity index (χ1v) is 6.39. The molecule has 0 saturated heterocycles. The average molecular weight is 288 g/mol. The predicted molar refractivity (Wildman–Crippen MR) is 72.1 cm³/mol. The van der Waals surface area contributed by atoms with Crippen molar-refractivity contribution in [1.29, 1.82) is 5.41 Å². The van der Waals surface area contributed by atoms with Crippen LogP contribution in [0.3, 0.4) is 0 Å². The van der Waals surface area contributed by atoms with E-state index in [-0.39, 0.29) is 5.92 Å². The van der Waals surface area contributed by atoms with Crippen molar-refractivity contribution >= 4 is 5.84 Å². The second kappa shape index (κ2) is 6.63. The van der Waals surface area contributed by atoms with Gasteiger partial charge < -0.3 is 10.5 Å². The topological polar surface area (TPSA) is 59.1 Å². The van der Waals surface area contributed by atoms with Gasteiger partial charge in [0.05, 0.1) is 0 Å². The summed E-state index contributed by atoms with van der Waals surface area (Å²) in [5, 5.41) is 7.03. The molecular formula is C14H19F3N2O.